The van der Waals surface area contributed by atoms with Crippen molar-refractivity contribution in [2.75, 3.05) is 7.11 Å². The zero-order valence-electron chi connectivity index (χ0n) is 11.7. The number of ether oxygens (including phenoxy) is 1. The Morgan fingerprint density at radius 2 is 1.35 bits per heavy atom. The van der Waals surface area contributed by atoms with Gasteiger partial charge in [0.2, 0.25) is 0 Å². The first-order chi connectivity index (χ1) is 10.3. The van der Waals surface area contributed by atoms with Crippen LogP contribution in [0.25, 0.3) is 0 Å². The predicted molar refractivity (Wildman–Crippen MR) is 63.7 cm³/mol. The summed E-state index contributed by atoms with van der Waals surface area (Å²) in [6.07, 6.45) is 9.19. The van der Waals surface area contributed by atoms with Crippen LogP contribution >= 0.6 is 0 Å². The Morgan fingerprint density at radius 1 is 1.04 bits per heavy atom. The Morgan fingerprint density at radius 3 is 1.61 bits per heavy atom. The van der Waals surface area contributed by atoms with Crippen LogP contribution in [0.1, 0.15) is 12.8 Å². The Bertz CT molecular complexity index is 295. The van der Waals surface area contributed by atoms with Crippen LogP contribution in [0.5, 0.6) is 0 Å². The van der Waals surface area contributed by atoms with Gasteiger partial charge in [-0.05, 0) is 38.0 Å². The molecule has 6 radical (unpaired) electrons. The molecular weight excluding hydrogens is 367 g/mol. The van der Waals surface area contributed by atoms with E-state index in [1.54, 1.807) is 0 Å². The minimum absolute atomic E-state index is 0. The number of halogens is 4. The Hall–Kier alpha value is -1.01. The van der Waals surface area contributed by atoms with E-state index in [4.69, 9.17) is 14.0 Å². The Kier molecular flexibility index (Phi) is 37.8. The van der Waals surface area contributed by atoms with Gasteiger partial charge in [0.25, 0.3) is 0 Å². The Labute approximate surface area is 143 Å². The van der Waals surface area contributed by atoms with Crippen molar-refractivity contribution in [3.63, 3.8) is 0 Å². The molecule has 1 aliphatic rings. The molecule has 1 saturated carbocycles. The van der Waals surface area contributed by atoms with Gasteiger partial charge in [0.15, 0.2) is 0 Å². The summed E-state index contributed by atoms with van der Waals surface area (Å²) in [6, 6.07) is 0. The van der Waals surface area contributed by atoms with Gasteiger partial charge in [-0.2, -0.15) is 0 Å². The van der Waals surface area contributed by atoms with Crippen molar-refractivity contribution in [2.24, 2.45) is 0 Å². The molecule has 0 amide bonds. The number of carbonyl (C=O) groups is 1. The second-order valence-corrected chi connectivity index (χ2v) is 2.86. The third-order valence-corrected chi connectivity index (χ3v) is 1.58. The van der Waals surface area contributed by atoms with E-state index in [-0.39, 0.29) is 23.0 Å². The van der Waals surface area contributed by atoms with Crippen molar-refractivity contribution in [3.8, 4) is 0 Å². The van der Waals surface area contributed by atoms with E-state index in [1.807, 2.05) is 25.7 Å². The van der Waals surface area contributed by atoms with E-state index < -0.39 is 7.25 Å². The van der Waals surface area contributed by atoms with Crippen LogP contribution in [0.3, 0.4) is 0 Å². The van der Waals surface area contributed by atoms with E-state index in [0.717, 1.165) is 6.42 Å². The monoisotopic (exact) mass is 378 g/mol. The zero-order chi connectivity index (χ0) is 18.6. The molecule has 0 spiro atoms. The third-order valence-electron chi connectivity index (χ3n) is 1.58. The van der Waals surface area contributed by atoms with Crippen LogP contribution in [0.2, 0.25) is 0 Å². The van der Waals surface area contributed by atoms with Crippen molar-refractivity contribution in [1.82, 2.24) is 0 Å². The predicted octanol–water partition coefficient (Wildman–Crippen LogP) is 2.53. The summed E-state index contributed by atoms with van der Waals surface area (Å²) in [5, 5.41) is 0. The second-order valence-electron chi connectivity index (χ2n) is 2.86. The summed E-state index contributed by atoms with van der Waals surface area (Å²) in [5.74, 6) is 1.04. The third kappa shape index (κ3) is 44.9. The first-order valence-electron chi connectivity index (χ1n) is 5.09. The van der Waals surface area contributed by atoms with Gasteiger partial charge in [-0.1, -0.05) is 0 Å². The molecule has 0 N–H and O–H groups in total. The van der Waals surface area contributed by atoms with Gasteiger partial charge in [0, 0.05) is 6.42 Å². The molecule has 126 valence electrons. The van der Waals surface area contributed by atoms with E-state index in [0.29, 0.717) is 6.42 Å². The first kappa shape index (κ1) is 33.6. The maximum absolute atomic E-state index is 10.7. The van der Waals surface area contributed by atoms with Gasteiger partial charge in [0.1, 0.15) is 0 Å². The number of hydrogen-bond donors (Lipinski definition) is 0. The van der Waals surface area contributed by atoms with E-state index >= 15 is 0 Å². The van der Waals surface area contributed by atoms with Crippen LogP contribution in [0.15, 0.2) is 0 Å². The summed E-state index contributed by atoms with van der Waals surface area (Å²) >= 11 is 0. The quantitative estimate of drug-likeness (QED) is 0.249. The van der Waals surface area contributed by atoms with Gasteiger partial charge in [-0.25, -0.2) is 0 Å². The van der Waals surface area contributed by atoms with Gasteiger partial charge in [-0.3, -0.25) is 4.79 Å². The molecule has 0 saturated heterocycles. The van der Waals surface area contributed by atoms with Crippen LogP contribution in [0, 0.1) is 51.6 Å². The molecule has 1 fully saturated rings. The van der Waals surface area contributed by atoms with E-state index in [2.05, 4.69) is 24.7 Å². The summed E-state index contributed by atoms with van der Waals surface area (Å²) in [7, 11) is -4.59. The van der Waals surface area contributed by atoms with Crippen LogP contribution < -0.4 is 0 Å². The maximum atomic E-state index is 10.7. The fourth-order valence-corrected chi connectivity index (χ4v) is 0.929. The molecule has 11 heteroatoms. The molecule has 0 aromatic heterocycles. The van der Waals surface area contributed by atoms with Crippen LogP contribution in [0.4, 0.5) is 17.3 Å². The topological polar surface area (TPSA) is 86.0 Å². The number of esters is 1. The normalized spacial score (nSPS) is 11.8. The molecule has 0 heterocycles. The maximum Gasteiger partial charge on any atom is 3.00 e. The van der Waals surface area contributed by atoms with Crippen LogP contribution in [-0.2, 0) is 40.6 Å². The zero-order valence-corrected chi connectivity index (χ0v) is 12.8. The average Bonchev–Trinajstić information content (AvgIpc) is 3.02. The van der Waals surface area contributed by atoms with E-state index in [9.17, 15) is 22.1 Å². The van der Waals surface area contributed by atoms with Crippen LogP contribution in [-0.4, -0.2) is 20.3 Å². The van der Waals surface area contributed by atoms with E-state index in [1.165, 1.54) is 13.0 Å². The largest absolute Gasteiger partial charge is 3.00 e. The van der Waals surface area contributed by atoms with Crippen molar-refractivity contribution in [2.45, 2.75) is 12.8 Å². The summed E-state index contributed by atoms with van der Waals surface area (Å²) in [5.41, 5.74) is 0. The summed E-state index contributed by atoms with van der Waals surface area (Å²) < 4.78 is 66.0. The van der Waals surface area contributed by atoms with Gasteiger partial charge in [-0.15, -0.1) is 0 Å². The second kappa shape index (κ2) is 25.9. The number of carbonyl (C=O) groups excluding carboxylic acids is 1. The Balaban J connectivity index is -0.0000000769. The van der Waals surface area contributed by atoms with Gasteiger partial charge < -0.3 is 22.0 Å². The molecule has 23 heavy (non-hydrogen) atoms. The first-order valence-corrected chi connectivity index (χ1v) is 5.09. The molecule has 1 aliphatic carbocycles. The molecule has 5 nitrogen and oxygen atoms in total. The van der Waals surface area contributed by atoms with Crippen molar-refractivity contribution in [1.29, 1.82) is 0 Å². The fraction of sp³-hybridized carbons (Fsp3) is 0.250. The molecule has 1 rings (SSSR count). The van der Waals surface area contributed by atoms with Gasteiger partial charge >= 0.3 is 64.2 Å². The van der Waals surface area contributed by atoms with Crippen molar-refractivity contribution in [3.05, 3.63) is 51.6 Å². The molecular formula is C12H11BF4FeO5+2. The van der Waals surface area contributed by atoms with Crippen molar-refractivity contribution >= 4 is 13.2 Å². The average molecular weight is 378 g/mol. The molecule has 0 bridgehead atoms. The molecule has 0 unspecified atom stereocenters. The molecule has 0 aromatic rings. The minimum Gasteiger partial charge on any atom is 3.00 e. The number of hydrogen-bond acceptors (Lipinski definition) is 2. The van der Waals surface area contributed by atoms with Gasteiger partial charge in [0.05, 0.1) is 7.11 Å². The standard InChI is InChI=1S/C9H11O2.3CO.BF4.Fe/c1-11-9(10)7-6-8-4-2-3-5-8;3*1-2;2-1(3,4)5;/h2-5H,6-7H2,1H3;;;;;/q;;;;-1;+3. The fourth-order valence-electron chi connectivity index (χ4n) is 0.929. The minimum atomic E-state index is -6.00. The summed E-state index contributed by atoms with van der Waals surface area (Å²) in [6.45, 7) is 13.5. The number of rotatable bonds is 3. The smallest absolute Gasteiger partial charge is 3.00 e. The SMILES string of the molecule is COC(=O)CC[C]1[CH][CH][CH][CH]1.F[B-](F)(F)F.[C-]#[O+].[C-]#[O+].[C-]#[O+].[Fe+3]. The molecule has 0 aliphatic heterocycles. The summed E-state index contributed by atoms with van der Waals surface area (Å²) in [4.78, 5) is 10.7. The number of methoxy groups -OCH3 is 1. The van der Waals surface area contributed by atoms with Crippen molar-refractivity contribution < 1.29 is 57.8 Å². The molecule has 0 aromatic carbocycles. The molecule has 0 atom stereocenters.